The molecule has 0 aromatic carbocycles. The second kappa shape index (κ2) is 5.57. The number of nitrogens with zero attached hydrogens (tertiary/aromatic N) is 1. The van der Waals surface area contributed by atoms with Crippen LogP contribution in [0.2, 0.25) is 0 Å². The summed E-state index contributed by atoms with van der Waals surface area (Å²) < 4.78 is 16.6. The van der Waals surface area contributed by atoms with E-state index in [1.54, 1.807) is 19.1 Å². The number of esters is 2. The summed E-state index contributed by atoms with van der Waals surface area (Å²) in [6, 6.07) is 3.22. The smallest absolute Gasteiger partial charge is 0.355 e. The summed E-state index contributed by atoms with van der Waals surface area (Å²) in [5.41, 5.74) is 6.59. The van der Waals surface area contributed by atoms with Crippen molar-refractivity contribution in [1.29, 1.82) is 0 Å². The van der Waals surface area contributed by atoms with Crippen molar-refractivity contribution in [1.82, 2.24) is 4.57 Å². The zero-order chi connectivity index (χ0) is 13.8. The van der Waals surface area contributed by atoms with Gasteiger partial charge in [-0.15, -0.1) is 0 Å². The van der Waals surface area contributed by atoms with Crippen molar-refractivity contribution >= 4 is 23.0 Å². The molecule has 7 heteroatoms. The molecule has 0 fully saturated rings. The summed E-state index contributed by atoms with van der Waals surface area (Å²) >= 11 is 0. The summed E-state index contributed by atoms with van der Waals surface area (Å²) in [5.74, 6) is -1.06. The number of furan rings is 1. The van der Waals surface area contributed by atoms with Crippen molar-refractivity contribution in [2.45, 2.75) is 13.7 Å². The van der Waals surface area contributed by atoms with Crippen LogP contribution in [0.3, 0.4) is 0 Å². The Kier molecular flexibility index (Phi) is 3.86. The first kappa shape index (κ1) is 13.2. The third-order valence-electron chi connectivity index (χ3n) is 2.53. The molecule has 0 aliphatic carbocycles. The molecular weight excluding hydrogens is 252 g/mol. The summed E-state index contributed by atoms with van der Waals surface area (Å²) in [5, 5.41) is 0. The van der Waals surface area contributed by atoms with Gasteiger partial charge in [0.25, 0.3) is 0 Å². The predicted molar refractivity (Wildman–Crippen MR) is 65.3 cm³/mol. The number of nitrogens with two attached hydrogens (primary N) is 1. The summed E-state index contributed by atoms with van der Waals surface area (Å²) in [6.07, 6.45) is 1.49. The van der Waals surface area contributed by atoms with Crippen LogP contribution in [0, 0.1) is 0 Å². The van der Waals surface area contributed by atoms with Crippen LogP contribution in [0.1, 0.15) is 17.4 Å². The number of carbonyl (C=O) groups is 2. The number of aromatic nitrogens is 1. The van der Waals surface area contributed by atoms with Crippen LogP contribution in [0.5, 0.6) is 0 Å². The van der Waals surface area contributed by atoms with Gasteiger partial charge in [-0.05, 0) is 6.92 Å². The fourth-order valence-electron chi connectivity index (χ4n) is 1.69. The average molecular weight is 266 g/mol. The van der Waals surface area contributed by atoms with Crippen molar-refractivity contribution in [3.63, 3.8) is 0 Å². The van der Waals surface area contributed by atoms with Gasteiger partial charge in [-0.25, -0.2) is 4.79 Å². The molecule has 0 saturated carbocycles. The first-order valence-electron chi connectivity index (χ1n) is 5.77. The molecule has 102 valence electrons. The number of fused-ring (bicyclic) bond motifs is 1. The van der Waals surface area contributed by atoms with E-state index in [-0.39, 0.29) is 25.6 Å². The lowest BCUT2D eigenvalue weighted by Gasteiger charge is -2.09. The molecule has 2 aromatic heterocycles. The Labute approximate surface area is 108 Å². The molecule has 19 heavy (non-hydrogen) atoms. The molecule has 0 atom stereocenters. The van der Waals surface area contributed by atoms with Crippen LogP contribution in [0.15, 0.2) is 22.8 Å². The maximum Gasteiger partial charge on any atom is 0.355 e. The Bertz CT molecular complexity index is 598. The zero-order valence-corrected chi connectivity index (χ0v) is 10.4. The second-order valence-corrected chi connectivity index (χ2v) is 3.70. The van der Waals surface area contributed by atoms with Gasteiger partial charge < -0.3 is 19.6 Å². The Hall–Kier alpha value is -2.28. The van der Waals surface area contributed by atoms with Crippen molar-refractivity contribution in [3.8, 4) is 0 Å². The number of ether oxygens (including phenoxy) is 2. The largest absolute Gasteiger partial charge is 0.463 e. The normalized spacial score (nSPS) is 10.6. The lowest BCUT2D eigenvalue weighted by Crippen LogP contribution is -2.20. The topological polar surface area (TPSA) is 96.7 Å². The molecule has 0 amide bonds. The van der Waals surface area contributed by atoms with Crippen LogP contribution in [0.4, 0.5) is 0 Å². The van der Waals surface area contributed by atoms with Gasteiger partial charge in [0.1, 0.15) is 5.69 Å². The Balaban J connectivity index is 2.31. The molecule has 0 spiro atoms. The molecule has 2 heterocycles. The summed E-state index contributed by atoms with van der Waals surface area (Å²) in [4.78, 5) is 22.9. The molecule has 2 aromatic rings. The Morgan fingerprint density at radius 1 is 1.42 bits per heavy atom. The quantitative estimate of drug-likeness (QED) is 0.806. The Morgan fingerprint density at radius 2 is 2.21 bits per heavy atom. The van der Waals surface area contributed by atoms with Crippen molar-refractivity contribution in [2.75, 3.05) is 13.2 Å². The molecule has 0 aliphatic rings. The SMILES string of the molecule is CCOC(=O)c1cc2occc2n1COC(=O)CN. The van der Waals surface area contributed by atoms with E-state index in [9.17, 15) is 9.59 Å². The van der Waals surface area contributed by atoms with Gasteiger partial charge in [-0.3, -0.25) is 9.36 Å². The third kappa shape index (κ3) is 2.60. The van der Waals surface area contributed by atoms with E-state index in [1.807, 2.05) is 0 Å². The van der Waals surface area contributed by atoms with Crippen LogP contribution >= 0.6 is 0 Å². The standard InChI is InChI=1S/C12H14N2O5/c1-2-17-12(16)9-5-10-8(3-4-18-10)14(9)7-19-11(15)6-13/h3-5H,2,6-7,13H2,1H3. The van der Waals surface area contributed by atoms with Crippen LogP contribution in [-0.4, -0.2) is 29.7 Å². The van der Waals surface area contributed by atoms with Gasteiger partial charge in [0.2, 0.25) is 0 Å². The summed E-state index contributed by atoms with van der Waals surface area (Å²) in [7, 11) is 0. The molecule has 0 saturated heterocycles. The van der Waals surface area contributed by atoms with Gasteiger partial charge in [-0.1, -0.05) is 0 Å². The number of hydrogen-bond acceptors (Lipinski definition) is 6. The number of carbonyl (C=O) groups excluding carboxylic acids is 2. The van der Waals surface area contributed by atoms with E-state index in [0.29, 0.717) is 11.1 Å². The van der Waals surface area contributed by atoms with Gasteiger partial charge in [0.05, 0.1) is 24.9 Å². The van der Waals surface area contributed by atoms with Crippen LogP contribution < -0.4 is 5.73 Å². The lowest BCUT2D eigenvalue weighted by molar-refractivity contribution is -0.145. The fourth-order valence-corrected chi connectivity index (χ4v) is 1.69. The molecule has 7 nitrogen and oxygen atoms in total. The second-order valence-electron chi connectivity index (χ2n) is 3.70. The number of hydrogen-bond donors (Lipinski definition) is 1. The van der Waals surface area contributed by atoms with E-state index in [1.165, 1.54) is 10.8 Å². The first-order valence-corrected chi connectivity index (χ1v) is 5.77. The lowest BCUT2D eigenvalue weighted by atomic mass is 10.4. The van der Waals surface area contributed by atoms with Gasteiger partial charge in [-0.2, -0.15) is 0 Å². The molecule has 0 aliphatic heterocycles. The highest BCUT2D eigenvalue weighted by Gasteiger charge is 2.19. The molecule has 0 bridgehead atoms. The first-order chi connectivity index (χ1) is 9.17. The monoisotopic (exact) mass is 266 g/mol. The molecular formula is C12H14N2O5. The zero-order valence-electron chi connectivity index (χ0n) is 10.4. The maximum absolute atomic E-state index is 11.8. The fraction of sp³-hybridized carbons (Fsp3) is 0.333. The van der Waals surface area contributed by atoms with Gasteiger partial charge >= 0.3 is 11.9 Å². The average Bonchev–Trinajstić information content (AvgIpc) is 2.96. The van der Waals surface area contributed by atoms with E-state index in [2.05, 4.69) is 0 Å². The van der Waals surface area contributed by atoms with E-state index in [4.69, 9.17) is 19.6 Å². The molecule has 0 unspecified atom stereocenters. The van der Waals surface area contributed by atoms with Crippen LogP contribution in [0.25, 0.3) is 11.1 Å². The highest BCUT2D eigenvalue weighted by atomic mass is 16.5. The minimum Gasteiger partial charge on any atom is -0.463 e. The van der Waals surface area contributed by atoms with E-state index < -0.39 is 11.9 Å². The minimum atomic E-state index is -0.555. The predicted octanol–water partition coefficient (Wildman–Crippen LogP) is 0.870. The van der Waals surface area contributed by atoms with Crippen molar-refractivity contribution in [3.05, 3.63) is 24.1 Å². The van der Waals surface area contributed by atoms with E-state index >= 15 is 0 Å². The third-order valence-corrected chi connectivity index (χ3v) is 2.53. The molecule has 0 radical (unpaired) electrons. The molecule has 2 rings (SSSR count). The molecule has 2 N–H and O–H groups in total. The maximum atomic E-state index is 11.8. The Morgan fingerprint density at radius 3 is 2.89 bits per heavy atom. The van der Waals surface area contributed by atoms with E-state index in [0.717, 1.165) is 0 Å². The van der Waals surface area contributed by atoms with Crippen LogP contribution in [-0.2, 0) is 21.0 Å². The van der Waals surface area contributed by atoms with Gasteiger partial charge in [0.15, 0.2) is 12.3 Å². The van der Waals surface area contributed by atoms with Crippen molar-refractivity contribution < 1.29 is 23.5 Å². The van der Waals surface area contributed by atoms with Gasteiger partial charge in [0, 0.05) is 12.1 Å². The highest BCUT2D eigenvalue weighted by Crippen LogP contribution is 2.21. The number of rotatable bonds is 5. The highest BCUT2D eigenvalue weighted by molar-refractivity contribution is 5.94. The minimum absolute atomic E-state index is 0.118. The van der Waals surface area contributed by atoms with Crippen molar-refractivity contribution in [2.24, 2.45) is 5.73 Å². The summed E-state index contributed by atoms with van der Waals surface area (Å²) in [6.45, 7) is 1.63.